The van der Waals surface area contributed by atoms with E-state index in [0.29, 0.717) is 0 Å². The van der Waals surface area contributed by atoms with Crippen LogP contribution in [0.2, 0.25) is 0 Å². The minimum Gasteiger partial charge on any atom is -0.394 e. The first-order chi connectivity index (χ1) is 13.8. The van der Waals surface area contributed by atoms with Gasteiger partial charge >= 0.3 is 0 Å². The number of benzene rings is 1. The van der Waals surface area contributed by atoms with Crippen LogP contribution >= 0.6 is 0 Å². The van der Waals surface area contributed by atoms with Crippen molar-refractivity contribution in [2.45, 2.75) is 96.1 Å². The molecular weight excluding hydrogens is 346 g/mol. The molecule has 0 aliphatic rings. The minimum atomic E-state index is -0.738. The molecule has 0 spiro atoms. The molecule has 0 saturated heterocycles. The third-order valence-corrected chi connectivity index (χ3v) is 5.10. The van der Waals surface area contributed by atoms with Gasteiger partial charge in [-0.2, -0.15) is 0 Å². The van der Waals surface area contributed by atoms with Gasteiger partial charge in [-0.3, -0.25) is 4.99 Å². The molecule has 0 aliphatic carbocycles. The zero-order valence-corrected chi connectivity index (χ0v) is 17.8. The van der Waals surface area contributed by atoms with Gasteiger partial charge in [0.05, 0.1) is 12.7 Å². The highest BCUT2D eigenvalue weighted by atomic mass is 16.3. The van der Waals surface area contributed by atoms with E-state index < -0.39 is 12.1 Å². The molecule has 0 heterocycles. The topological polar surface area (TPSA) is 52.8 Å². The Balaban J connectivity index is 2.06. The molecule has 0 radical (unpaired) electrons. The molecule has 2 atom stereocenters. The maximum atomic E-state index is 10.2. The Morgan fingerprint density at radius 2 is 1.43 bits per heavy atom. The number of hydrogen-bond donors (Lipinski definition) is 2. The van der Waals surface area contributed by atoms with Crippen LogP contribution in [-0.2, 0) is 0 Å². The maximum Gasteiger partial charge on any atom is 0.102 e. The summed E-state index contributed by atoms with van der Waals surface area (Å²) in [6.07, 6.45) is 20.5. The first-order valence-corrected chi connectivity index (χ1v) is 11.3. The Labute approximate surface area is 172 Å². The van der Waals surface area contributed by atoms with Gasteiger partial charge in [-0.1, -0.05) is 114 Å². The number of rotatable bonds is 17. The van der Waals surface area contributed by atoms with Crippen molar-refractivity contribution < 1.29 is 10.2 Å². The lowest BCUT2D eigenvalue weighted by Gasteiger charge is -2.13. The van der Waals surface area contributed by atoms with Gasteiger partial charge in [0.2, 0.25) is 0 Å². The Hall–Kier alpha value is -1.45. The van der Waals surface area contributed by atoms with Crippen molar-refractivity contribution in [2.75, 3.05) is 6.61 Å². The lowest BCUT2D eigenvalue weighted by Crippen LogP contribution is -2.26. The van der Waals surface area contributed by atoms with Gasteiger partial charge in [-0.25, -0.2) is 0 Å². The van der Waals surface area contributed by atoms with E-state index in [1.807, 2.05) is 36.4 Å². The van der Waals surface area contributed by atoms with Crippen LogP contribution in [0.15, 0.2) is 47.5 Å². The van der Waals surface area contributed by atoms with Crippen molar-refractivity contribution in [1.29, 1.82) is 0 Å². The second-order valence-corrected chi connectivity index (χ2v) is 7.68. The Morgan fingerprint density at radius 3 is 2.00 bits per heavy atom. The third kappa shape index (κ3) is 12.9. The summed E-state index contributed by atoms with van der Waals surface area (Å²) < 4.78 is 0. The summed E-state index contributed by atoms with van der Waals surface area (Å²) in [6.45, 7) is 2.11. The average Bonchev–Trinajstić information content (AvgIpc) is 2.72. The van der Waals surface area contributed by atoms with Gasteiger partial charge in [0, 0.05) is 6.21 Å². The minimum absolute atomic E-state index is 0.159. The monoisotopic (exact) mass is 387 g/mol. The molecule has 28 heavy (non-hydrogen) atoms. The van der Waals surface area contributed by atoms with Crippen LogP contribution in [0, 0.1) is 0 Å². The normalized spacial score (nSPS) is 14.1. The summed E-state index contributed by atoms with van der Waals surface area (Å²) in [5, 5.41) is 19.7. The summed E-state index contributed by atoms with van der Waals surface area (Å²) in [6, 6.07) is 9.24. The number of nitrogens with zero attached hydrogens (tertiary/aromatic N) is 1. The molecule has 1 aromatic rings. The molecule has 0 fully saturated rings. The second kappa shape index (κ2) is 17.6. The zero-order valence-electron chi connectivity index (χ0n) is 17.8. The van der Waals surface area contributed by atoms with Crippen LogP contribution in [-0.4, -0.2) is 35.2 Å². The quantitative estimate of drug-likeness (QED) is 0.193. The van der Waals surface area contributed by atoms with E-state index in [2.05, 4.69) is 11.9 Å². The molecule has 3 heteroatoms. The van der Waals surface area contributed by atoms with E-state index >= 15 is 0 Å². The van der Waals surface area contributed by atoms with Gasteiger partial charge in [0.1, 0.15) is 6.04 Å². The van der Waals surface area contributed by atoms with Crippen molar-refractivity contribution in [2.24, 2.45) is 4.99 Å². The maximum absolute atomic E-state index is 10.2. The third-order valence-electron chi connectivity index (χ3n) is 5.10. The molecule has 3 nitrogen and oxygen atoms in total. The SMILES string of the molecule is CCCCCCCCCCCCCC=C[C@@H](O)[C@H](CO)N=Cc1ccccc1. The summed E-state index contributed by atoms with van der Waals surface area (Å²) in [4.78, 5) is 4.32. The van der Waals surface area contributed by atoms with Gasteiger partial charge < -0.3 is 10.2 Å². The van der Waals surface area contributed by atoms with E-state index in [0.717, 1.165) is 18.4 Å². The summed E-state index contributed by atoms with van der Waals surface area (Å²) >= 11 is 0. The number of unbranched alkanes of at least 4 members (excludes halogenated alkanes) is 11. The molecule has 0 amide bonds. The number of aliphatic imine (C=N–C) groups is 1. The van der Waals surface area contributed by atoms with E-state index in [9.17, 15) is 10.2 Å². The number of aliphatic hydroxyl groups is 2. The molecule has 0 aromatic heterocycles. The van der Waals surface area contributed by atoms with Crippen molar-refractivity contribution >= 4 is 6.21 Å². The fraction of sp³-hybridized carbons (Fsp3) is 0.640. The van der Waals surface area contributed by atoms with Crippen molar-refractivity contribution in [1.82, 2.24) is 0 Å². The predicted octanol–water partition coefficient (Wildman–Crippen LogP) is 6.08. The number of allylic oxidation sites excluding steroid dienone is 1. The highest BCUT2D eigenvalue weighted by Gasteiger charge is 2.13. The molecule has 2 N–H and O–H groups in total. The van der Waals surface area contributed by atoms with E-state index in [1.54, 1.807) is 12.3 Å². The van der Waals surface area contributed by atoms with Gasteiger partial charge in [0.15, 0.2) is 0 Å². The Morgan fingerprint density at radius 1 is 0.857 bits per heavy atom. The molecule has 0 bridgehead atoms. The highest BCUT2D eigenvalue weighted by Crippen LogP contribution is 2.12. The summed E-state index contributed by atoms with van der Waals surface area (Å²) in [7, 11) is 0. The number of hydrogen-bond acceptors (Lipinski definition) is 3. The van der Waals surface area contributed by atoms with Crippen molar-refractivity contribution in [3.63, 3.8) is 0 Å². The van der Waals surface area contributed by atoms with E-state index in [4.69, 9.17) is 0 Å². The molecule has 0 saturated carbocycles. The van der Waals surface area contributed by atoms with Crippen molar-refractivity contribution in [3.05, 3.63) is 48.0 Å². The Bertz CT molecular complexity index is 513. The smallest absolute Gasteiger partial charge is 0.102 e. The Kier molecular flexibility index (Phi) is 15.5. The van der Waals surface area contributed by atoms with Crippen LogP contribution < -0.4 is 0 Å². The predicted molar refractivity (Wildman–Crippen MR) is 121 cm³/mol. The van der Waals surface area contributed by atoms with E-state index in [1.165, 1.54) is 64.2 Å². The second-order valence-electron chi connectivity index (χ2n) is 7.68. The molecular formula is C25H41NO2. The van der Waals surface area contributed by atoms with Crippen LogP contribution in [0.25, 0.3) is 0 Å². The molecule has 0 aliphatic heterocycles. The first kappa shape index (κ1) is 24.6. The van der Waals surface area contributed by atoms with Gasteiger partial charge in [-0.05, 0) is 18.4 Å². The molecule has 0 unspecified atom stereocenters. The number of aliphatic hydroxyl groups excluding tert-OH is 2. The van der Waals surface area contributed by atoms with Crippen LogP contribution in [0.4, 0.5) is 0 Å². The van der Waals surface area contributed by atoms with Gasteiger partial charge in [0.25, 0.3) is 0 Å². The summed E-state index contributed by atoms with van der Waals surface area (Å²) in [5.41, 5.74) is 0.970. The largest absolute Gasteiger partial charge is 0.394 e. The lowest BCUT2D eigenvalue weighted by atomic mass is 10.0. The summed E-state index contributed by atoms with van der Waals surface area (Å²) in [5.74, 6) is 0. The standard InChI is InChI=1S/C25H41NO2/c1-2-3-4-5-6-7-8-9-10-11-12-13-17-20-25(28)24(22-27)26-21-23-18-15-14-16-19-23/h14-21,24-25,27-28H,2-13,22H2,1H3/t24-,25+/m0/s1. The zero-order chi connectivity index (χ0) is 20.3. The van der Waals surface area contributed by atoms with Crippen LogP contribution in [0.1, 0.15) is 89.5 Å². The average molecular weight is 388 g/mol. The highest BCUT2D eigenvalue weighted by molar-refractivity contribution is 5.79. The van der Waals surface area contributed by atoms with Gasteiger partial charge in [-0.15, -0.1) is 0 Å². The molecule has 1 rings (SSSR count). The molecule has 158 valence electrons. The van der Waals surface area contributed by atoms with Crippen molar-refractivity contribution in [3.8, 4) is 0 Å². The fourth-order valence-corrected chi connectivity index (χ4v) is 3.25. The molecule has 1 aromatic carbocycles. The first-order valence-electron chi connectivity index (χ1n) is 11.3. The lowest BCUT2D eigenvalue weighted by molar-refractivity contribution is 0.145. The van der Waals surface area contributed by atoms with E-state index in [-0.39, 0.29) is 6.61 Å². The fourth-order valence-electron chi connectivity index (χ4n) is 3.25. The van der Waals surface area contributed by atoms with Crippen LogP contribution in [0.3, 0.4) is 0 Å². The van der Waals surface area contributed by atoms with Crippen LogP contribution in [0.5, 0.6) is 0 Å².